The molecule has 0 unspecified atom stereocenters. The molecule has 9 nitrogen and oxygen atoms in total. The first-order valence-electron chi connectivity index (χ1n) is 12.8. The number of carbonyl (C=O) groups is 3. The molecule has 2 aromatic carbocycles. The first kappa shape index (κ1) is 29.0. The molecule has 3 aromatic rings. The van der Waals surface area contributed by atoms with Crippen LogP contribution in [0.15, 0.2) is 56.8 Å². The number of para-hydroxylation sites is 1. The maximum Gasteiger partial charge on any atom is 0.418 e. The molecule has 15 heteroatoms. The van der Waals surface area contributed by atoms with Crippen molar-refractivity contribution in [3.05, 3.63) is 72.6 Å². The Balaban J connectivity index is 1.41. The van der Waals surface area contributed by atoms with Crippen LogP contribution in [0.2, 0.25) is 0 Å². The second-order valence-corrected chi connectivity index (χ2v) is 12.8. The number of halogens is 4. The van der Waals surface area contributed by atoms with E-state index in [0.29, 0.717) is 51.1 Å². The summed E-state index contributed by atoms with van der Waals surface area (Å²) in [6.45, 7) is 1.37. The van der Waals surface area contributed by atoms with Crippen LogP contribution >= 0.6 is 39.0 Å². The quantitative estimate of drug-likeness (QED) is 0.401. The zero-order valence-electron chi connectivity index (χ0n) is 21.5. The molecule has 3 atom stereocenters. The lowest BCUT2D eigenvalue weighted by molar-refractivity contribution is -0.138. The summed E-state index contributed by atoms with van der Waals surface area (Å²) in [7, 11) is 0. The molecule has 4 heterocycles. The number of thioether (sulfide) groups is 1. The predicted molar refractivity (Wildman–Crippen MR) is 151 cm³/mol. The molecule has 0 bridgehead atoms. The first-order chi connectivity index (χ1) is 20.0. The van der Waals surface area contributed by atoms with Crippen LogP contribution in [0.5, 0.6) is 5.75 Å². The average Bonchev–Trinajstić information content (AvgIpc) is 3.46. The summed E-state index contributed by atoms with van der Waals surface area (Å²) >= 11 is 5.24. The Morgan fingerprint density at radius 3 is 2.57 bits per heavy atom. The van der Waals surface area contributed by atoms with Gasteiger partial charge in [-0.1, -0.05) is 51.2 Å². The van der Waals surface area contributed by atoms with Crippen molar-refractivity contribution >= 4 is 62.4 Å². The third kappa shape index (κ3) is 5.16. The number of aromatic amines is 1. The van der Waals surface area contributed by atoms with E-state index in [1.165, 1.54) is 12.1 Å². The zero-order valence-corrected chi connectivity index (χ0v) is 24.7. The molecule has 6 rings (SSSR count). The number of imide groups is 1. The summed E-state index contributed by atoms with van der Waals surface area (Å²) in [6, 6.07) is 9.40. The zero-order chi connectivity index (χ0) is 29.8. The Hall–Kier alpha value is -3.14. The summed E-state index contributed by atoms with van der Waals surface area (Å²) < 4.78 is 53.6. The average molecular weight is 685 g/mol. The number of ether oxygens (including phenoxy) is 2. The van der Waals surface area contributed by atoms with Crippen LogP contribution in [0.3, 0.4) is 0 Å². The van der Waals surface area contributed by atoms with Gasteiger partial charge in [0.25, 0.3) is 5.91 Å². The van der Waals surface area contributed by atoms with E-state index in [2.05, 4.69) is 20.9 Å². The smallest absolute Gasteiger partial charge is 0.418 e. The minimum atomic E-state index is -4.81. The fourth-order valence-corrected chi connectivity index (χ4v) is 8.32. The second kappa shape index (κ2) is 11.2. The van der Waals surface area contributed by atoms with E-state index < -0.39 is 51.2 Å². The lowest BCUT2D eigenvalue weighted by atomic mass is 9.82. The molecule has 0 saturated carbocycles. The van der Waals surface area contributed by atoms with Crippen molar-refractivity contribution in [3.8, 4) is 5.75 Å². The van der Waals surface area contributed by atoms with Gasteiger partial charge in [0, 0.05) is 33.9 Å². The summed E-state index contributed by atoms with van der Waals surface area (Å²) in [5.74, 6) is -3.71. The van der Waals surface area contributed by atoms with Gasteiger partial charge in [0.2, 0.25) is 11.8 Å². The van der Waals surface area contributed by atoms with E-state index in [1.54, 1.807) is 23.1 Å². The predicted octanol–water partition coefficient (Wildman–Crippen LogP) is 4.25. The number of nitrogens with zero attached hydrogens (tertiary/aromatic N) is 2. The number of thiazole rings is 1. The highest BCUT2D eigenvalue weighted by Gasteiger charge is 2.57. The molecule has 2 saturated heterocycles. The number of rotatable bonds is 5. The number of carbonyl (C=O) groups excluding carboxylic acids is 3. The van der Waals surface area contributed by atoms with E-state index in [1.807, 2.05) is 0 Å². The van der Waals surface area contributed by atoms with Gasteiger partial charge >= 0.3 is 11.0 Å². The lowest BCUT2D eigenvalue weighted by Gasteiger charge is -2.31. The Bertz CT molecular complexity index is 1640. The van der Waals surface area contributed by atoms with Gasteiger partial charge in [-0.25, -0.2) is 4.90 Å². The second-order valence-electron chi connectivity index (χ2n) is 9.74. The van der Waals surface area contributed by atoms with Crippen molar-refractivity contribution in [1.29, 1.82) is 0 Å². The van der Waals surface area contributed by atoms with Crippen LogP contribution in [0.4, 0.5) is 18.9 Å². The highest BCUT2D eigenvalue weighted by atomic mass is 79.9. The van der Waals surface area contributed by atoms with Crippen molar-refractivity contribution in [2.75, 3.05) is 37.8 Å². The molecular formula is C27H21BrF3N3O6S2. The number of H-pyrrole nitrogens is 1. The van der Waals surface area contributed by atoms with Gasteiger partial charge in [0.05, 0.1) is 35.4 Å². The Kier molecular flexibility index (Phi) is 7.70. The SMILES string of the molecule is O=C(COc1ccc(Br)cc1[C@@H]1c2sc(=O)[nH]c2S[C@H]2C(=O)N(c3ccccc3C(F)(F)F)C(=O)[C@@H]12)N1CCOCC1. The Labute approximate surface area is 253 Å². The molecule has 2 fully saturated rings. The molecule has 0 spiro atoms. The number of amides is 3. The van der Waals surface area contributed by atoms with Crippen LogP contribution in [-0.2, 0) is 25.3 Å². The normalized spacial score (nSPS) is 22.2. The van der Waals surface area contributed by atoms with Crippen molar-refractivity contribution in [2.24, 2.45) is 5.92 Å². The highest BCUT2D eigenvalue weighted by molar-refractivity contribution is 9.10. The van der Waals surface area contributed by atoms with Crippen molar-refractivity contribution in [2.45, 2.75) is 22.4 Å². The minimum absolute atomic E-state index is 0.247. The van der Waals surface area contributed by atoms with Gasteiger partial charge in [-0.3, -0.25) is 19.2 Å². The summed E-state index contributed by atoms with van der Waals surface area (Å²) in [4.78, 5) is 57.9. The number of benzene rings is 2. The number of hydrogen-bond acceptors (Lipinski definition) is 8. The molecule has 0 radical (unpaired) electrons. The van der Waals surface area contributed by atoms with Gasteiger partial charge in [-0.15, -0.1) is 0 Å². The highest BCUT2D eigenvalue weighted by Crippen LogP contribution is 2.55. The first-order valence-corrected chi connectivity index (χ1v) is 15.2. The topological polar surface area (TPSA) is 109 Å². The fourth-order valence-electron chi connectivity index (χ4n) is 5.44. The minimum Gasteiger partial charge on any atom is -0.483 e. The van der Waals surface area contributed by atoms with Crippen molar-refractivity contribution in [3.63, 3.8) is 0 Å². The number of alkyl halides is 3. The summed E-state index contributed by atoms with van der Waals surface area (Å²) in [5.41, 5.74) is -1.24. The van der Waals surface area contributed by atoms with E-state index in [0.717, 1.165) is 35.2 Å². The van der Waals surface area contributed by atoms with Crippen molar-refractivity contribution < 1.29 is 37.0 Å². The molecule has 3 aliphatic rings. The van der Waals surface area contributed by atoms with Gasteiger partial charge in [-0.05, 0) is 30.3 Å². The lowest BCUT2D eigenvalue weighted by Crippen LogP contribution is -2.43. The van der Waals surface area contributed by atoms with Crippen LogP contribution in [0, 0.1) is 5.92 Å². The maximum absolute atomic E-state index is 14.0. The van der Waals surface area contributed by atoms with E-state index in [-0.39, 0.29) is 18.3 Å². The van der Waals surface area contributed by atoms with E-state index in [9.17, 15) is 32.3 Å². The van der Waals surface area contributed by atoms with E-state index >= 15 is 0 Å². The van der Waals surface area contributed by atoms with Crippen LogP contribution in [0.1, 0.15) is 21.9 Å². The fraction of sp³-hybridized carbons (Fsp3) is 0.333. The van der Waals surface area contributed by atoms with E-state index in [4.69, 9.17) is 9.47 Å². The van der Waals surface area contributed by atoms with Crippen LogP contribution in [0.25, 0.3) is 0 Å². The Morgan fingerprint density at radius 2 is 1.83 bits per heavy atom. The number of nitrogens with one attached hydrogen (secondary N) is 1. The number of fused-ring (bicyclic) bond motifs is 2. The van der Waals surface area contributed by atoms with Gasteiger partial charge in [0.15, 0.2) is 6.61 Å². The van der Waals surface area contributed by atoms with Crippen LogP contribution < -0.4 is 14.5 Å². The van der Waals surface area contributed by atoms with Crippen LogP contribution in [-0.4, -0.2) is 65.8 Å². The molecule has 220 valence electrons. The summed E-state index contributed by atoms with van der Waals surface area (Å²) in [6.07, 6.45) is -4.81. The third-order valence-corrected chi connectivity index (χ3v) is 10.2. The number of anilines is 1. The number of hydrogen-bond donors (Lipinski definition) is 1. The monoisotopic (exact) mass is 683 g/mol. The Morgan fingerprint density at radius 1 is 1.10 bits per heavy atom. The van der Waals surface area contributed by atoms with Gasteiger partial charge in [0.1, 0.15) is 11.0 Å². The molecule has 0 aliphatic carbocycles. The molecular weight excluding hydrogens is 663 g/mol. The largest absolute Gasteiger partial charge is 0.483 e. The summed E-state index contributed by atoms with van der Waals surface area (Å²) in [5, 5.41) is -0.748. The molecule has 1 N–H and O–H groups in total. The molecule has 3 aliphatic heterocycles. The molecule has 42 heavy (non-hydrogen) atoms. The van der Waals surface area contributed by atoms with Gasteiger partial charge in [-0.2, -0.15) is 13.2 Å². The van der Waals surface area contributed by atoms with Crippen molar-refractivity contribution in [1.82, 2.24) is 9.88 Å². The molecule has 3 amide bonds. The molecule has 1 aromatic heterocycles. The number of morpholine rings is 1. The third-order valence-electron chi connectivity index (χ3n) is 7.30. The van der Waals surface area contributed by atoms with Gasteiger partial charge < -0.3 is 19.4 Å². The maximum atomic E-state index is 14.0. The standard InChI is InChI=1S/C27H21BrF3N3O6S2/c28-13-5-6-17(40-12-18(35)33-7-9-39-10-8-33)14(11-13)19-20-22(41-23-21(19)42-26(38)32-23)25(37)34(24(20)36)16-4-2-1-3-15(16)27(29,30)31/h1-6,11,19-20,22H,7-10,12H2,(H,32,38)/t19-,20-,22+/m0/s1. The number of aromatic nitrogens is 1.